The van der Waals surface area contributed by atoms with Crippen LogP contribution in [0.1, 0.15) is 63.6 Å². The second-order valence-corrected chi connectivity index (χ2v) is 9.71. The molecule has 1 unspecified atom stereocenters. The molecule has 1 saturated heterocycles. The summed E-state index contributed by atoms with van der Waals surface area (Å²) in [5.74, 6) is 6.37. The van der Waals surface area contributed by atoms with E-state index in [1.165, 1.54) is 21.7 Å². The maximum atomic E-state index is 13.1. The number of carbonyl (C=O) groups is 2. The summed E-state index contributed by atoms with van der Waals surface area (Å²) in [5.41, 5.74) is 3.00. The van der Waals surface area contributed by atoms with Crippen LogP contribution < -0.4 is 16.1 Å². The topological polar surface area (TPSA) is 81.9 Å². The van der Waals surface area contributed by atoms with Crippen molar-refractivity contribution in [1.29, 1.82) is 0 Å². The van der Waals surface area contributed by atoms with E-state index in [0.29, 0.717) is 5.92 Å². The number of anilines is 1. The zero-order valence-electron chi connectivity index (χ0n) is 21.4. The SMILES string of the molecule is C=CN(C(=O)N(N)C(C)C)c1ccc(C2CCN(C(C(=O)NC(C)C)c3ccccc3)CC2)cc1. The van der Waals surface area contributed by atoms with Crippen LogP contribution in [0, 0.1) is 0 Å². The van der Waals surface area contributed by atoms with Crippen molar-refractivity contribution in [2.24, 2.45) is 5.84 Å². The number of nitrogens with two attached hydrogens (primary N) is 1. The molecule has 2 aromatic rings. The zero-order chi connectivity index (χ0) is 25.5. The predicted octanol–water partition coefficient (Wildman–Crippen LogP) is 4.79. The van der Waals surface area contributed by atoms with Crippen molar-refractivity contribution in [3.63, 3.8) is 0 Å². The Balaban J connectivity index is 1.69. The van der Waals surface area contributed by atoms with Gasteiger partial charge in [-0.25, -0.2) is 10.6 Å². The third-order valence-electron chi connectivity index (χ3n) is 6.50. The number of hydrogen-bond donors (Lipinski definition) is 2. The summed E-state index contributed by atoms with van der Waals surface area (Å²) >= 11 is 0. The van der Waals surface area contributed by atoms with Crippen molar-refractivity contribution in [2.75, 3.05) is 18.0 Å². The Morgan fingerprint density at radius 3 is 2.14 bits per heavy atom. The van der Waals surface area contributed by atoms with Crippen molar-refractivity contribution in [2.45, 2.75) is 64.6 Å². The lowest BCUT2D eigenvalue weighted by molar-refractivity contribution is -0.127. The van der Waals surface area contributed by atoms with Gasteiger partial charge in [-0.1, -0.05) is 49.0 Å². The highest BCUT2D eigenvalue weighted by Gasteiger charge is 2.32. The van der Waals surface area contributed by atoms with Gasteiger partial charge < -0.3 is 5.32 Å². The number of benzene rings is 2. The first-order valence-electron chi connectivity index (χ1n) is 12.4. The Hall–Kier alpha value is -3.16. The summed E-state index contributed by atoms with van der Waals surface area (Å²) < 4.78 is 0. The van der Waals surface area contributed by atoms with Gasteiger partial charge in [0.05, 0.1) is 5.69 Å². The fraction of sp³-hybridized carbons (Fsp3) is 0.429. The zero-order valence-corrected chi connectivity index (χ0v) is 21.4. The molecule has 1 aliphatic heterocycles. The van der Waals surface area contributed by atoms with Gasteiger partial charge in [-0.2, -0.15) is 0 Å². The molecule has 3 N–H and O–H groups in total. The normalized spacial score (nSPS) is 15.6. The number of nitrogens with one attached hydrogen (secondary N) is 1. The van der Waals surface area contributed by atoms with E-state index < -0.39 is 0 Å². The standard InChI is InChI=1S/C28H39N5O2/c1-6-32(28(35)33(29)21(4)5)25-14-12-22(13-15-25)23-16-18-31(19-17-23)26(27(34)30-20(2)3)24-10-8-7-9-11-24/h6-15,20-21,23,26H,1,16-19,29H2,2-5H3,(H,30,34). The minimum atomic E-state index is -0.317. The van der Waals surface area contributed by atoms with Crippen molar-refractivity contribution >= 4 is 17.6 Å². The number of hydrazine groups is 1. The molecule has 0 bridgehead atoms. The van der Waals surface area contributed by atoms with Crippen molar-refractivity contribution < 1.29 is 9.59 Å². The number of carbonyl (C=O) groups excluding carboxylic acids is 2. The van der Waals surface area contributed by atoms with Gasteiger partial charge in [0.2, 0.25) is 5.91 Å². The Bertz CT molecular complexity index is 982. The third-order valence-corrected chi connectivity index (χ3v) is 6.50. The molecule has 35 heavy (non-hydrogen) atoms. The van der Waals surface area contributed by atoms with Crippen LogP contribution in [0.4, 0.5) is 10.5 Å². The van der Waals surface area contributed by atoms with Crippen LogP contribution in [0.2, 0.25) is 0 Å². The van der Waals surface area contributed by atoms with Gasteiger partial charge in [0.25, 0.3) is 0 Å². The molecule has 0 radical (unpaired) electrons. The number of urea groups is 1. The molecule has 0 spiro atoms. The molecule has 0 aromatic heterocycles. The molecule has 7 heteroatoms. The molecule has 3 rings (SSSR count). The largest absolute Gasteiger partial charge is 0.352 e. The van der Waals surface area contributed by atoms with Gasteiger partial charge in [0.1, 0.15) is 6.04 Å². The van der Waals surface area contributed by atoms with E-state index in [-0.39, 0.29) is 30.1 Å². The Morgan fingerprint density at radius 1 is 1.03 bits per heavy atom. The van der Waals surface area contributed by atoms with E-state index in [9.17, 15) is 9.59 Å². The van der Waals surface area contributed by atoms with E-state index in [4.69, 9.17) is 5.84 Å². The molecule has 1 fully saturated rings. The fourth-order valence-electron chi connectivity index (χ4n) is 4.56. The third kappa shape index (κ3) is 6.50. The number of piperidine rings is 1. The van der Waals surface area contributed by atoms with Crippen molar-refractivity contribution in [3.05, 3.63) is 78.5 Å². The monoisotopic (exact) mass is 477 g/mol. The van der Waals surface area contributed by atoms with Crippen LogP contribution in [-0.4, -0.2) is 47.0 Å². The molecule has 0 aliphatic carbocycles. The van der Waals surface area contributed by atoms with E-state index in [1.807, 2.05) is 70.2 Å². The van der Waals surface area contributed by atoms with Gasteiger partial charge in [-0.15, -0.1) is 0 Å². The molecule has 188 valence electrons. The average molecular weight is 478 g/mol. The number of amides is 3. The second kappa shape index (κ2) is 12.0. The summed E-state index contributed by atoms with van der Waals surface area (Å²) in [6.07, 6.45) is 3.42. The maximum absolute atomic E-state index is 13.1. The fourth-order valence-corrected chi connectivity index (χ4v) is 4.56. The van der Waals surface area contributed by atoms with Gasteiger partial charge in [-0.3, -0.25) is 19.6 Å². The Labute approximate surface area is 209 Å². The molecule has 1 heterocycles. The highest BCUT2D eigenvalue weighted by molar-refractivity contribution is 5.93. The molecule has 1 atom stereocenters. The lowest BCUT2D eigenvalue weighted by Gasteiger charge is -2.37. The van der Waals surface area contributed by atoms with Gasteiger partial charge >= 0.3 is 6.03 Å². The van der Waals surface area contributed by atoms with E-state index in [1.54, 1.807) is 0 Å². The van der Waals surface area contributed by atoms with Gasteiger partial charge in [-0.05, 0) is 82.8 Å². The molecular formula is C28H39N5O2. The quantitative estimate of drug-likeness (QED) is 0.325. The van der Waals surface area contributed by atoms with Gasteiger partial charge in [0.15, 0.2) is 0 Å². The van der Waals surface area contributed by atoms with Crippen LogP contribution in [-0.2, 0) is 4.79 Å². The van der Waals surface area contributed by atoms with E-state index >= 15 is 0 Å². The number of rotatable bonds is 8. The first-order valence-corrected chi connectivity index (χ1v) is 12.4. The van der Waals surface area contributed by atoms with E-state index in [0.717, 1.165) is 37.2 Å². The smallest absolute Gasteiger partial charge is 0.342 e. The van der Waals surface area contributed by atoms with Gasteiger partial charge in [0, 0.05) is 18.3 Å². The first kappa shape index (κ1) is 26.4. The minimum absolute atomic E-state index is 0.0542. The van der Waals surface area contributed by atoms with Crippen LogP contribution >= 0.6 is 0 Å². The lowest BCUT2D eigenvalue weighted by Crippen LogP contribution is -2.48. The molecule has 0 saturated carbocycles. The Morgan fingerprint density at radius 2 is 1.63 bits per heavy atom. The summed E-state index contributed by atoms with van der Waals surface area (Å²) in [4.78, 5) is 29.5. The average Bonchev–Trinajstić information content (AvgIpc) is 2.85. The number of hydrogen-bond acceptors (Lipinski definition) is 4. The molecule has 3 amide bonds. The molecule has 2 aromatic carbocycles. The molecule has 1 aliphatic rings. The van der Waals surface area contributed by atoms with Crippen LogP contribution in [0.25, 0.3) is 0 Å². The van der Waals surface area contributed by atoms with Crippen LogP contribution in [0.5, 0.6) is 0 Å². The molecule has 7 nitrogen and oxygen atoms in total. The Kier molecular flexibility index (Phi) is 9.07. The van der Waals surface area contributed by atoms with E-state index in [2.05, 4.69) is 28.9 Å². The number of likely N-dealkylation sites (tertiary alicyclic amines) is 1. The van der Waals surface area contributed by atoms with Crippen LogP contribution in [0.15, 0.2) is 67.4 Å². The summed E-state index contributed by atoms with van der Waals surface area (Å²) in [6.45, 7) is 13.2. The summed E-state index contributed by atoms with van der Waals surface area (Å²) in [6, 6.07) is 17.4. The highest BCUT2D eigenvalue weighted by atomic mass is 16.2. The summed E-state index contributed by atoms with van der Waals surface area (Å²) in [7, 11) is 0. The maximum Gasteiger partial charge on any atom is 0.342 e. The van der Waals surface area contributed by atoms with Crippen molar-refractivity contribution in [1.82, 2.24) is 15.2 Å². The lowest BCUT2D eigenvalue weighted by atomic mass is 9.88. The van der Waals surface area contributed by atoms with Crippen molar-refractivity contribution in [3.8, 4) is 0 Å². The molecular weight excluding hydrogens is 438 g/mol. The second-order valence-electron chi connectivity index (χ2n) is 9.71. The predicted molar refractivity (Wildman–Crippen MR) is 142 cm³/mol. The number of nitrogens with zero attached hydrogens (tertiary/aromatic N) is 3. The highest BCUT2D eigenvalue weighted by Crippen LogP contribution is 2.33. The van der Waals surface area contributed by atoms with Crippen LogP contribution in [0.3, 0.4) is 0 Å². The minimum Gasteiger partial charge on any atom is -0.352 e. The first-order chi connectivity index (χ1) is 16.7. The summed E-state index contributed by atoms with van der Waals surface area (Å²) in [5, 5.41) is 4.29.